The molecule has 1 unspecified atom stereocenters. The molecule has 0 aromatic heterocycles. The minimum atomic E-state index is -0.346. The summed E-state index contributed by atoms with van der Waals surface area (Å²) in [5.74, 6) is -0.228. The summed E-state index contributed by atoms with van der Waals surface area (Å²) in [4.78, 5) is 23.8. The SMILES string of the molecule is CCC=C(C)C(=O)Nc1ccc(NC(=O)C2CCCO2)cc1. The fourth-order valence-corrected chi connectivity index (χ4v) is 2.27. The largest absolute Gasteiger partial charge is 0.368 e. The van der Waals surface area contributed by atoms with E-state index in [1.807, 2.05) is 13.0 Å². The van der Waals surface area contributed by atoms with Crippen molar-refractivity contribution in [1.29, 1.82) is 0 Å². The van der Waals surface area contributed by atoms with Gasteiger partial charge in [-0.2, -0.15) is 0 Å². The first kappa shape index (κ1) is 16.2. The molecule has 2 N–H and O–H groups in total. The van der Waals surface area contributed by atoms with Gasteiger partial charge in [-0.05, 0) is 50.5 Å². The van der Waals surface area contributed by atoms with Gasteiger partial charge >= 0.3 is 0 Å². The van der Waals surface area contributed by atoms with Gasteiger partial charge in [-0.15, -0.1) is 0 Å². The molecule has 0 saturated carbocycles. The van der Waals surface area contributed by atoms with Crippen molar-refractivity contribution < 1.29 is 14.3 Å². The molecule has 5 heteroatoms. The summed E-state index contributed by atoms with van der Waals surface area (Å²) in [6.45, 7) is 4.42. The number of nitrogens with one attached hydrogen (secondary N) is 2. The van der Waals surface area contributed by atoms with Crippen molar-refractivity contribution in [3.05, 3.63) is 35.9 Å². The molecule has 1 aromatic rings. The number of amides is 2. The van der Waals surface area contributed by atoms with Crippen LogP contribution in [0.4, 0.5) is 11.4 Å². The number of carbonyl (C=O) groups is 2. The van der Waals surface area contributed by atoms with Gasteiger partial charge in [0.25, 0.3) is 11.8 Å². The first-order valence-corrected chi connectivity index (χ1v) is 7.60. The van der Waals surface area contributed by atoms with Crippen molar-refractivity contribution >= 4 is 23.2 Å². The summed E-state index contributed by atoms with van der Waals surface area (Å²) < 4.78 is 5.34. The smallest absolute Gasteiger partial charge is 0.253 e. The number of hydrogen-bond donors (Lipinski definition) is 2. The predicted octanol–water partition coefficient (Wildman–Crippen LogP) is 3.10. The van der Waals surface area contributed by atoms with Gasteiger partial charge in [-0.3, -0.25) is 9.59 Å². The Bertz CT molecular complexity index is 558. The zero-order valence-corrected chi connectivity index (χ0v) is 13.0. The van der Waals surface area contributed by atoms with E-state index < -0.39 is 0 Å². The number of allylic oxidation sites excluding steroid dienone is 1. The highest BCUT2D eigenvalue weighted by Gasteiger charge is 2.23. The highest BCUT2D eigenvalue weighted by Crippen LogP contribution is 2.17. The fraction of sp³-hybridized carbons (Fsp3) is 0.412. The van der Waals surface area contributed by atoms with Crippen LogP contribution in [0.5, 0.6) is 0 Å². The second-order valence-corrected chi connectivity index (χ2v) is 5.32. The fourth-order valence-electron chi connectivity index (χ4n) is 2.27. The summed E-state index contributed by atoms with van der Waals surface area (Å²) >= 11 is 0. The lowest BCUT2D eigenvalue weighted by atomic mass is 10.2. The molecule has 2 rings (SSSR count). The van der Waals surface area contributed by atoms with Crippen molar-refractivity contribution in [2.24, 2.45) is 0 Å². The minimum absolute atomic E-state index is 0.113. The molecule has 1 heterocycles. The van der Waals surface area contributed by atoms with Gasteiger partial charge in [-0.25, -0.2) is 0 Å². The Hall–Kier alpha value is -2.14. The first-order valence-electron chi connectivity index (χ1n) is 7.60. The monoisotopic (exact) mass is 302 g/mol. The average Bonchev–Trinajstić information content (AvgIpc) is 3.04. The van der Waals surface area contributed by atoms with Gasteiger partial charge in [0.1, 0.15) is 6.10 Å². The van der Waals surface area contributed by atoms with E-state index >= 15 is 0 Å². The van der Waals surface area contributed by atoms with Crippen molar-refractivity contribution in [1.82, 2.24) is 0 Å². The van der Waals surface area contributed by atoms with Gasteiger partial charge in [-0.1, -0.05) is 13.0 Å². The summed E-state index contributed by atoms with van der Waals surface area (Å²) in [5, 5.41) is 5.64. The zero-order chi connectivity index (χ0) is 15.9. The second kappa shape index (κ2) is 7.75. The van der Waals surface area contributed by atoms with E-state index in [0.29, 0.717) is 23.6 Å². The van der Waals surface area contributed by atoms with Gasteiger partial charge < -0.3 is 15.4 Å². The van der Waals surface area contributed by atoms with Crippen molar-refractivity contribution in [3.63, 3.8) is 0 Å². The first-order chi connectivity index (χ1) is 10.6. The molecule has 1 atom stereocenters. The summed E-state index contributed by atoms with van der Waals surface area (Å²) in [6, 6.07) is 7.06. The van der Waals surface area contributed by atoms with E-state index in [0.717, 1.165) is 19.3 Å². The normalized spacial score (nSPS) is 18.1. The van der Waals surface area contributed by atoms with Crippen LogP contribution >= 0.6 is 0 Å². The van der Waals surface area contributed by atoms with E-state index in [4.69, 9.17) is 4.74 Å². The third-order valence-corrected chi connectivity index (χ3v) is 3.50. The molecule has 22 heavy (non-hydrogen) atoms. The third kappa shape index (κ3) is 4.43. The Morgan fingerprint density at radius 1 is 1.23 bits per heavy atom. The highest BCUT2D eigenvalue weighted by atomic mass is 16.5. The van der Waals surface area contributed by atoms with Crippen LogP contribution in [0.15, 0.2) is 35.9 Å². The molecule has 118 valence electrons. The van der Waals surface area contributed by atoms with Crippen molar-refractivity contribution in [2.75, 3.05) is 17.2 Å². The summed E-state index contributed by atoms with van der Waals surface area (Å²) in [6.07, 6.45) is 4.05. The van der Waals surface area contributed by atoms with Gasteiger partial charge in [0.2, 0.25) is 0 Å². The van der Waals surface area contributed by atoms with Gasteiger partial charge in [0.05, 0.1) is 0 Å². The lowest BCUT2D eigenvalue weighted by Gasteiger charge is -2.11. The lowest BCUT2D eigenvalue weighted by Crippen LogP contribution is -2.26. The molecule has 0 aliphatic carbocycles. The van der Waals surface area contributed by atoms with Crippen LogP contribution in [0.1, 0.15) is 33.1 Å². The van der Waals surface area contributed by atoms with E-state index in [1.165, 1.54) is 0 Å². The predicted molar refractivity (Wildman–Crippen MR) is 86.7 cm³/mol. The maximum Gasteiger partial charge on any atom is 0.253 e. The minimum Gasteiger partial charge on any atom is -0.368 e. The molecule has 5 nitrogen and oxygen atoms in total. The molecule has 0 bridgehead atoms. The molecule has 1 saturated heterocycles. The number of benzene rings is 1. The van der Waals surface area contributed by atoms with Crippen LogP contribution in [0.2, 0.25) is 0 Å². The quantitative estimate of drug-likeness (QED) is 0.821. The Morgan fingerprint density at radius 2 is 1.86 bits per heavy atom. The van der Waals surface area contributed by atoms with Crippen molar-refractivity contribution in [3.8, 4) is 0 Å². The molecule has 1 fully saturated rings. The maximum absolute atomic E-state index is 11.9. The molecule has 0 radical (unpaired) electrons. The van der Waals surface area contributed by atoms with Gasteiger partial charge in [0.15, 0.2) is 0 Å². The molecule has 1 aliphatic heterocycles. The standard InChI is InChI=1S/C17H22N2O3/c1-3-5-12(2)16(20)18-13-7-9-14(10-8-13)19-17(21)15-6-4-11-22-15/h5,7-10,15H,3-4,6,11H2,1-2H3,(H,18,20)(H,19,21). The number of ether oxygens (including phenoxy) is 1. The average molecular weight is 302 g/mol. The molecule has 1 aromatic carbocycles. The zero-order valence-electron chi connectivity index (χ0n) is 13.0. The van der Waals surface area contributed by atoms with E-state index in [-0.39, 0.29) is 17.9 Å². The van der Waals surface area contributed by atoms with Crippen LogP contribution in [-0.4, -0.2) is 24.5 Å². The molecular formula is C17H22N2O3. The Kier molecular flexibility index (Phi) is 5.72. The van der Waals surface area contributed by atoms with Crippen LogP contribution in [-0.2, 0) is 14.3 Å². The van der Waals surface area contributed by atoms with Gasteiger partial charge in [0, 0.05) is 23.6 Å². The molecular weight excluding hydrogens is 280 g/mol. The van der Waals surface area contributed by atoms with E-state index in [1.54, 1.807) is 31.2 Å². The third-order valence-electron chi connectivity index (χ3n) is 3.50. The summed E-state index contributed by atoms with van der Waals surface area (Å²) in [7, 11) is 0. The molecule has 0 spiro atoms. The molecule has 2 amide bonds. The Morgan fingerprint density at radius 3 is 2.41 bits per heavy atom. The lowest BCUT2D eigenvalue weighted by molar-refractivity contribution is -0.124. The number of hydrogen-bond acceptors (Lipinski definition) is 3. The van der Waals surface area contributed by atoms with Crippen molar-refractivity contribution in [2.45, 2.75) is 39.2 Å². The number of anilines is 2. The second-order valence-electron chi connectivity index (χ2n) is 5.32. The van der Waals surface area contributed by atoms with Crippen LogP contribution in [0, 0.1) is 0 Å². The topological polar surface area (TPSA) is 67.4 Å². The number of rotatable bonds is 5. The molecule has 1 aliphatic rings. The summed E-state index contributed by atoms with van der Waals surface area (Å²) in [5.41, 5.74) is 2.08. The van der Waals surface area contributed by atoms with E-state index in [9.17, 15) is 9.59 Å². The number of carbonyl (C=O) groups excluding carboxylic acids is 2. The maximum atomic E-state index is 11.9. The van der Waals surface area contributed by atoms with Crippen LogP contribution in [0.3, 0.4) is 0 Å². The Labute approximate surface area is 130 Å². The van der Waals surface area contributed by atoms with E-state index in [2.05, 4.69) is 10.6 Å². The van der Waals surface area contributed by atoms with Crippen LogP contribution in [0.25, 0.3) is 0 Å². The van der Waals surface area contributed by atoms with Crippen LogP contribution < -0.4 is 10.6 Å². The Balaban J connectivity index is 1.91. The highest BCUT2D eigenvalue weighted by molar-refractivity contribution is 6.03.